The number of benzene rings is 1. The third kappa shape index (κ3) is 0.840. The summed E-state index contributed by atoms with van der Waals surface area (Å²) >= 11 is 0. The number of hydrogen-bond donors (Lipinski definition) is 0. The summed E-state index contributed by atoms with van der Waals surface area (Å²) in [5, 5.41) is 1.19. The Morgan fingerprint density at radius 2 is 2.00 bits per heavy atom. The third-order valence-electron chi connectivity index (χ3n) is 2.38. The first-order valence-electron chi connectivity index (χ1n) is 4.19. The molecule has 1 aromatic carbocycles. The molecule has 0 saturated heterocycles. The molecule has 0 saturated carbocycles. The SMILES string of the molecule is Cn1ccc2cc3c(cc21)OCO3. The molecule has 1 aromatic heterocycles. The maximum atomic E-state index is 5.30. The number of aromatic nitrogens is 1. The van der Waals surface area contributed by atoms with Crippen molar-refractivity contribution in [2.75, 3.05) is 6.79 Å². The standard InChI is InChI=1S/C10H9NO2/c1-11-3-2-7-4-9-10(5-8(7)11)13-6-12-9/h2-5H,6H2,1H3. The van der Waals surface area contributed by atoms with Crippen LogP contribution in [0.1, 0.15) is 0 Å². The molecular formula is C10H9NO2. The molecule has 2 aromatic rings. The molecule has 0 unspecified atom stereocenters. The van der Waals surface area contributed by atoms with Gasteiger partial charge in [-0.25, -0.2) is 0 Å². The van der Waals surface area contributed by atoms with E-state index in [0.717, 1.165) is 11.5 Å². The minimum Gasteiger partial charge on any atom is -0.454 e. The highest BCUT2D eigenvalue weighted by molar-refractivity contribution is 5.84. The van der Waals surface area contributed by atoms with Gasteiger partial charge in [0.15, 0.2) is 11.5 Å². The zero-order chi connectivity index (χ0) is 8.84. The Hall–Kier alpha value is -1.64. The second-order valence-corrected chi connectivity index (χ2v) is 3.19. The van der Waals surface area contributed by atoms with E-state index in [9.17, 15) is 0 Å². The predicted molar refractivity (Wildman–Crippen MR) is 49.0 cm³/mol. The summed E-state index contributed by atoms with van der Waals surface area (Å²) in [6.07, 6.45) is 2.03. The fraction of sp³-hybridized carbons (Fsp3) is 0.200. The quantitative estimate of drug-likeness (QED) is 0.610. The van der Waals surface area contributed by atoms with E-state index in [2.05, 4.69) is 10.6 Å². The van der Waals surface area contributed by atoms with Crippen LogP contribution in [0.3, 0.4) is 0 Å². The van der Waals surface area contributed by atoms with Crippen molar-refractivity contribution < 1.29 is 9.47 Å². The molecule has 66 valence electrons. The number of nitrogens with zero attached hydrogens (tertiary/aromatic N) is 1. The normalized spacial score (nSPS) is 13.9. The largest absolute Gasteiger partial charge is 0.454 e. The van der Waals surface area contributed by atoms with Crippen LogP contribution in [0.2, 0.25) is 0 Å². The molecule has 0 amide bonds. The molecule has 0 radical (unpaired) electrons. The maximum absolute atomic E-state index is 5.30. The smallest absolute Gasteiger partial charge is 0.231 e. The van der Waals surface area contributed by atoms with E-state index >= 15 is 0 Å². The minimum absolute atomic E-state index is 0.339. The van der Waals surface area contributed by atoms with Crippen molar-refractivity contribution in [3.05, 3.63) is 24.4 Å². The Morgan fingerprint density at radius 3 is 2.85 bits per heavy atom. The Kier molecular flexibility index (Phi) is 1.15. The van der Waals surface area contributed by atoms with Gasteiger partial charge in [0.25, 0.3) is 0 Å². The monoisotopic (exact) mass is 175 g/mol. The summed E-state index contributed by atoms with van der Waals surface area (Å²) in [4.78, 5) is 0. The van der Waals surface area contributed by atoms with Crippen LogP contribution in [0, 0.1) is 0 Å². The van der Waals surface area contributed by atoms with E-state index in [-0.39, 0.29) is 0 Å². The van der Waals surface area contributed by atoms with Crippen molar-refractivity contribution in [1.82, 2.24) is 4.57 Å². The molecule has 3 nitrogen and oxygen atoms in total. The maximum Gasteiger partial charge on any atom is 0.231 e. The van der Waals surface area contributed by atoms with E-state index in [1.807, 2.05) is 25.4 Å². The average Bonchev–Trinajstić information content (AvgIpc) is 2.70. The molecular weight excluding hydrogens is 166 g/mol. The van der Waals surface area contributed by atoms with Crippen LogP contribution in [-0.2, 0) is 7.05 Å². The zero-order valence-corrected chi connectivity index (χ0v) is 7.28. The molecule has 0 N–H and O–H groups in total. The lowest BCUT2D eigenvalue weighted by molar-refractivity contribution is 0.174. The summed E-state index contributed by atoms with van der Waals surface area (Å²) in [6, 6.07) is 6.09. The number of aryl methyl sites for hydroxylation is 1. The fourth-order valence-electron chi connectivity index (χ4n) is 1.66. The third-order valence-corrected chi connectivity index (χ3v) is 2.38. The average molecular weight is 175 g/mol. The van der Waals surface area contributed by atoms with Crippen molar-refractivity contribution in [1.29, 1.82) is 0 Å². The van der Waals surface area contributed by atoms with Crippen molar-refractivity contribution in [2.24, 2.45) is 7.05 Å². The van der Waals surface area contributed by atoms with Gasteiger partial charge in [-0.2, -0.15) is 0 Å². The van der Waals surface area contributed by atoms with E-state index in [4.69, 9.17) is 9.47 Å². The first-order chi connectivity index (χ1) is 6.34. The first-order valence-corrected chi connectivity index (χ1v) is 4.19. The Balaban J connectivity index is 2.38. The van der Waals surface area contributed by atoms with Crippen LogP contribution in [0.25, 0.3) is 10.9 Å². The topological polar surface area (TPSA) is 23.4 Å². The molecule has 0 spiro atoms. The van der Waals surface area contributed by atoms with Gasteiger partial charge in [-0.1, -0.05) is 0 Å². The molecule has 2 heterocycles. The van der Waals surface area contributed by atoms with E-state index < -0.39 is 0 Å². The van der Waals surface area contributed by atoms with Crippen LogP contribution in [0.15, 0.2) is 24.4 Å². The molecule has 0 aliphatic carbocycles. The first kappa shape index (κ1) is 6.83. The molecule has 0 bridgehead atoms. The van der Waals surface area contributed by atoms with E-state index in [0.29, 0.717) is 6.79 Å². The Morgan fingerprint density at radius 1 is 1.23 bits per heavy atom. The lowest BCUT2D eigenvalue weighted by atomic mass is 10.2. The van der Waals surface area contributed by atoms with Crippen molar-refractivity contribution in [3.63, 3.8) is 0 Å². The fourth-order valence-corrected chi connectivity index (χ4v) is 1.66. The van der Waals surface area contributed by atoms with Gasteiger partial charge in [0, 0.05) is 24.7 Å². The van der Waals surface area contributed by atoms with Crippen LogP contribution < -0.4 is 9.47 Å². The van der Waals surface area contributed by atoms with Crippen LogP contribution in [-0.4, -0.2) is 11.4 Å². The lowest BCUT2D eigenvalue weighted by Crippen LogP contribution is -1.92. The van der Waals surface area contributed by atoms with Gasteiger partial charge in [-0.15, -0.1) is 0 Å². The summed E-state index contributed by atoms with van der Waals surface area (Å²) < 4.78 is 12.6. The number of rotatable bonds is 0. The highest BCUT2D eigenvalue weighted by Gasteiger charge is 2.14. The Bertz CT molecular complexity index is 473. The van der Waals surface area contributed by atoms with Crippen molar-refractivity contribution in [3.8, 4) is 11.5 Å². The molecule has 0 atom stereocenters. The summed E-state index contributed by atoms with van der Waals surface area (Å²) in [5.41, 5.74) is 1.17. The van der Waals surface area contributed by atoms with Crippen LogP contribution in [0.5, 0.6) is 11.5 Å². The summed E-state index contributed by atoms with van der Waals surface area (Å²) in [6.45, 7) is 0.339. The summed E-state index contributed by atoms with van der Waals surface area (Å²) in [5.74, 6) is 1.69. The predicted octanol–water partition coefficient (Wildman–Crippen LogP) is 1.91. The van der Waals surface area contributed by atoms with Gasteiger partial charge >= 0.3 is 0 Å². The summed E-state index contributed by atoms with van der Waals surface area (Å²) in [7, 11) is 2.02. The molecule has 3 heteroatoms. The molecule has 3 rings (SSSR count). The Labute approximate surface area is 75.5 Å². The second kappa shape index (κ2) is 2.19. The number of ether oxygens (including phenoxy) is 2. The van der Waals surface area contributed by atoms with Gasteiger partial charge < -0.3 is 14.0 Å². The van der Waals surface area contributed by atoms with Crippen LogP contribution in [0.4, 0.5) is 0 Å². The minimum atomic E-state index is 0.339. The molecule has 0 fully saturated rings. The molecule has 1 aliphatic rings. The van der Waals surface area contributed by atoms with Crippen LogP contribution >= 0.6 is 0 Å². The van der Waals surface area contributed by atoms with Crippen molar-refractivity contribution in [2.45, 2.75) is 0 Å². The van der Waals surface area contributed by atoms with E-state index in [1.54, 1.807) is 0 Å². The van der Waals surface area contributed by atoms with E-state index in [1.165, 1.54) is 10.9 Å². The van der Waals surface area contributed by atoms with Gasteiger partial charge in [0.05, 0.1) is 5.52 Å². The highest BCUT2D eigenvalue weighted by Crippen LogP contribution is 2.35. The second-order valence-electron chi connectivity index (χ2n) is 3.19. The van der Waals surface area contributed by atoms with Gasteiger partial charge in [-0.05, 0) is 12.1 Å². The van der Waals surface area contributed by atoms with Crippen molar-refractivity contribution >= 4 is 10.9 Å². The van der Waals surface area contributed by atoms with Gasteiger partial charge in [0.2, 0.25) is 6.79 Å². The molecule has 13 heavy (non-hydrogen) atoms. The lowest BCUT2D eigenvalue weighted by Gasteiger charge is -1.98. The van der Waals surface area contributed by atoms with Gasteiger partial charge in [-0.3, -0.25) is 0 Å². The number of fused-ring (bicyclic) bond motifs is 2. The highest BCUT2D eigenvalue weighted by atomic mass is 16.7. The molecule has 1 aliphatic heterocycles. The van der Waals surface area contributed by atoms with Gasteiger partial charge in [0.1, 0.15) is 0 Å². The zero-order valence-electron chi connectivity index (χ0n) is 7.28. The number of hydrogen-bond acceptors (Lipinski definition) is 2.